The van der Waals surface area contributed by atoms with E-state index in [1.165, 1.54) is 7.11 Å². The summed E-state index contributed by atoms with van der Waals surface area (Å²) in [4.78, 5) is 14.7. The second kappa shape index (κ2) is 7.88. The molecule has 0 atom stereocenters. The number of nitrogens with zero attached hydrogens (tertiary/aromatic N) is 2. The molecular weight excluding hydrogens is 470 g/mol. The van der Waals surface area contributed by atoms with Gasteiger partial charge in [0.15, 0.2) is 23.8 Å². The maximum Gasteiger partial charge on any atom is 0.302 e. The van der Waals surface area contributed by atoms with Gasteiger partial charge in [-0.05, 0) is 36.4 Å². The largest absolute Gasteiger partial charge is 0.493 e. The van der Waals surface area contributed by atoms with Crippen LogP contribution >= 0.6 is 31.9 Å². The van der Waals surface area contributed by atoms with Crippen LogP contribution in [0.25, 0.3) is 10.9 Å². The third kappa shape index (κ3) is 4.05. The van der Waals surface area contributed by atoms with Crippen molar-refractivity contribution in [2.24, 2.45) is 10.2 Å². The van der Waals surface area contributed by atoms with Crippen molar-refractivity contribution < 1.29 is 19.4 Å². The van der Waals surface area contributed by atoms with Crippen molar-refractivity contribution in [1.82, 2.24) is 4.98 Å². The normalized spacial score (nSPS) is 11.2. The fraction of sp³-hybridized carbons (Fsp3) is 0.118. The van der Waals surface area contributed by atoms with Crippen LogP contribution in [-0.2, 0) is 4.79 Å². The van der Waals surface area contributed by atoms with Crippen LogP contribution < -0.4 is 9.47 Å². The minimum absolute atomic E-state index is 0.162. The molecule has 1 heterocycles. The van der Waals surface area contributed by atoms with Crippen LogP contribution in [0.5, 0.6) is 17.4 Å². The average Bonchev–Trinajstić information content (AvgIpc) is 2.93. The molecule has 0 bridgehead atoms. The minimum Gasteiger partial charge on any atom is -0.493 e. The summed E-state index contributed by atoms with van der Waals surface area (Å²) < 4.78 is 12.3. The zero-order chi connectivity index (χ0) is 18.7. The van der Waals surface area contributed by atoms with Gasteiger partial charge in [-0.15, -0.1) is 10.2 Å². The Morgan fingerprint density at radius 1 is 1.15 bits per heavy atom. The number of hydrogen-bond acceptors (Lipinski definition) is 5. The summed E-state index contributed by atoms with van der Waals surface area (Å²) in [5.41, 5.74) is 0.874. The predicted molar refractivity (Wildman–Crippen MR) is 103 cm³/mol. The molecule has 0 fully saturated rings. The van der Waals surface area contributed by atoms with E-state index < -0.39 is 5.91 Å². The second-order valence-corrected chi connectivity index (χ2v) is 7.02. The third-order valence-electron chi connectivity index (χ3n) is 3.45. The Morgan fingerprint density at radius 3 is 2.65 bits per heavy atom. The lowest BCUT2D eigenvalue weighted by Crippen LogP contribution is -2.08. The Labute approximate surface area is 165 Å². The topological polar surface area (TPSA) is 96.3 Å². The number of aromatic amines is 1. The van der Waals surface area contributed by atoms with Gasteiger partial charge in [0, 0.05) is 14.3 Å². The van der Waals surface area contributed by atoms with Crippen LogP contribution in [0.15, 0.2) is 55.6 Å². The van der Waals surface area contributed by atoms with Gasteiger partial charge in [0.25, 0.3) is 0 Å². The highest BCUT2D eigenvalue weighted by molar-refractivity contribution is 9.10. The van der Waals surface area contributed by atoms with Gasteiger partial charge >= 0.3 is 5.91 Å². The number of benzene rings is 2. The molecule has 9 heteroatoms. The number of carbonyl (C=O) groups excluding carboxylic acids is 1. The van der Waals surface area contributed by atoms with Crippen molar-refractivity contribution in [3.63, 3.8) is 0 Å². The fourth-order valence-electron chi connectivity index (χ4n) is 2.27. The number of methoxy groups -OCH3 is 1. The van der Waals surface area contributed by atoms with Gasteiger partial charge in [0.2, 0.25) is 5.88 Å². The number of fused-ring (bicyclic) bond motifs is 1. The van der Waals surface area contributed by atoms with E-state index in [0.29, 0.717) is 22.4 Å². The first-order valence-electron chi connectivity index (χ1n) is 7.39. The van der Waals surface area contributed by atoms with Gasteiger partial charge < -0.3 is 19.6 Å². The lowest BCUT2D eigenvalue weighted by molar-refractivity contribution is -0.120. The van der Waals surface area contributed by atoms with Crippen LogP contribution in [-0.4, -0.2) is 29.7 Å². The Morgan fingerprint density at radius 2 is 1.88 bits per heavy atom. The summed E-state index contributed by atoms with van der Waals surface area (Å²) in [5, 5.41) is 18.1. The van der Waals surface area contributed by atoms with Crippen LogP contribution in [0.1, 0.15) is 0 Å². The summed E-state index contributed by atoms with van der Waals surface area (Å²) in [6.07, 6.45) is 0. The molecule has 0 saturated carbocycles. The molecule has 0 unspecified atom stereocenters. The van der Waals surface area contributed by atoms with E-state index in [1.807, 2.05) is 6.07 Å². The molecule has 2 N–H and O–H groups in total. The van der Waals surface area contributed by atoms with E-state index in [-0.39, 0.29) is 18.2 Å². The third-order valence-corrected chi connectivity index (χ3v) is 4.44. The Balaban J connectivity index is 1.73. The summed E-state index contributed by atoms with van der Waals surface area (Å²) in [7, 11) is 1.51. The molecule has 2 aromatic carbocycles. The molecule has 0 aliphatic rings. The SMILES string of the molecule is COc1cc(Br)ccc1OCC(=O)N=Nc1c(O)[nH]c2ccc(Br)cc12. The highest BCUT2D eigenvalue weighted by Crippen LogP contribution is 2.36. The zero-order valence-electron chi connectivity index (χ0n) is 13.5. The van der Waals surface area contributed by atoms with Gasteiger partial charge in [-0.3, -0.25) is 4.79 Å². The number of halogens is 2. The van der Waals surface area contributed by atoms with Crippen molar-refractivity contribution in [1.29, 1.82) is 0 Å². The van der Waals surface area contributed by atoms with Gasteiger partial charge in [-0.1, -0.05) is 31.9 Å². The number of H-pyrrole nitrogens is 1. The fourth-order valence-corrected chi connectivity index (χ4v) is 2.97. The van der Waals surface area contributed by atoms with Crippen LogP contribution in [0.2, 0.25) is 0 Å². The van der Waals surface area contributed by atoms with E-state index in [0.717, 1.165) is 8.95 Å². The first-order chi connectivity index (χ1) is 12.5. The predicted octanol–water partition coefficient (Wildman–Crippen LogP) is 5.10. The number of rotatable bonds is 5. The lowest BCUT2D eigenvalue weighted by Gasteiger charge is -2.09. The van der Waals surface area contributed by atoms with Gasteiger partial charge in [-0.25, -0.2) is 0 Å². The summed E-state index contributed by atoms with van der Waals surface area (Å²) in [5.74, 6) is 0.144. The monoisotopic (exact) mass is 481 g/mol. The molecule has 1 amide bonds. The molecule has 0 radical (unpaired) electrons. The van der Waals surface area contributed by atoms with Crippen molar-refractivity contribution in [2.75, 3.05) is 13.7 Å². The molecule has 7 nitrogen and oxygen atoms in total. The van der Waals surface area contributed by atoms with E-state index >= 15 is 0 Å². The van der Waals surface area contributed by atoms with Crippen molar-refractivity contribution in [3.05, 3.63) is 45.3 Å². The molecule has 26 heavy (non-hydrogen) atoms. The van der Waals surface area contributed by atoms with Crippen LogP contribution in [0.3, 0.4) is 0 Å². The number of hydrogen-bond donors (Lipinski definition) is 2. The first kappa shape index (κ1) is 18.4. The van der Waals surface area contributed by atoms with E-state index in [2.05, 4.69) is 47.1 Å². The number of nitrogens with one attached hydrogen (secondary N) is 1. The number of aromatic nitrogens is 1. The molecule has 0 aliphatic heterocycles. The number of amides is 1. The van der Waals surface area contributed by atoms with E-state index in [9.17, 15) is 9.90 Å². The smallest absolute Gasteiger partial charge is 0.302 e. The standard InChI is InChI=1S/C17H13Br2N3O4/c1-25-14-7-10(19)3-5-13(14)26-8-15(23)21-22-16-11-6-9(18)2-4-12(11)20-17(16)24/h2-7,20,24H,8H2,1H3. The van der Waals surface area contributed by atoms with Crippen LogP contribution in [0, 0.1) is 0 Å². The van der Waals surface area contributed by atoms with Crippen molar-refractivity contribution >= 4 is 54.4 Å². The Hall–Kier alpha value is -2.39. The molecular formula is C17H13Br2N3O4. The average molecular weight is 483 g/mol. The number of ether oxygens (including phenoxy) is 2. The summed E-state index contributed by atoms with van der Waals surface area (Å²) >= 11 is 6.68. The first-order valence-corrected chi connectivity index (χ1v) is 8.97. The summed E-state index contributed by atoms with van der Waals surface area (Å²) in [6.45, 7) is -0.311. The number of carbonyl (C=O) groups is 1. The van der Waals surface area contributed by atoms with Crippen molar-refractivity contribution in [3.8, 4) is 17.4 Å². The van der Waals surface area contributed by atoms with Crippen molar-refractivity contribution in [2.45, 2.75) is 0 Å². The van der Waals surface area contributed by atoms with E-state index in [4.69, 9.17) is 9.47 Å². The van der Waals surface area contributed by atoms with Gasteiger partial charge in [0.05, 0.1) is 12.6 Å². The molecule has 134 valence electrons. The highest BCUT2D eigenvalue weighted by atomic mass is 79.9. The summed E-state index contributed by atoms with van der Waals surface area (Å²) in [6, 6.07) is 10.5. The molecule has 0 aliphatic carbocycles. The zero-order valence-corrected chi connectivity index (χ0v) is 16.7. The van der Waals surface area contributed by atoms with Crippen LogP contribution in [0.4, 0.5) is 5.69 Å². The molecule has 0 saturated heterocycles. The lowest BCUT2D eigenvalue weighted by atomic mass is 10.2. The van der Waals surface area contributed by atoms with Gasteiger partial charge in [0.1, 0.15) is 0 Å². The Bertz CT molecular complexity index is 1000. The maximum absolute atomic E-state index is 12.0. The second-order valence-electron chi connectivity index (χ2n) is 5.19. The molecule has 1 aromatic heterocycles. The number of aromatic hydroxyl groups is 1. The Kier molecular flexibility index (Phi) is 5.58. The highest BCUT2D eigenvalue weighted by Gasteiger charge is 2.12. The number of azo groups is 1. The van der Waals surface area contributed by atoms with E-state index in [1.54, 1.807) is 30.3 Å². The molecule has 3 aromatic rings. The maximum atomic E-state index is 12.0. The molecule has 3 rings (SSSR count). The quantitative estimate of drug-likeness (QED) is 0.494. The molecule has 0 spiro atoms. The minimum atomic E-state index is -0.598. The van der Waals surface area contributed by atoms with Gasteiger partial charge in [-0.2, -0.15) is 0 Å².